The monoisotopic (exact) mass is 534 g/mol. The standard InChI is InChI=1S/C27H31FN8OS/c28-20-7-5-19(6-8-20)18-36-25-4-2-1-3-23(25)32-26(36)31-21-10-13-35(14-11-21)15-16-38-34-27(37)33-24-17-30-12-9-22(24)29/h1-9,12,17,21H,10-11,13-16,18H2,(H2,29,30)(H,31,32)(H2,33,34,37). The zero-order valence-corrected chi connectivity index (χ0v) is 21.8. The number of likely N-dealkylation sites (tertiary alicyclic amines) is 1. The summed E-state index contributed by atoms with van der Waals surface area (Å²) in [5.41, 5.74) is 9.81. The number of pyridine rings is 1. The van der Waals surface area contributed by atoms with Crippen LogP contribution in [-0.4, -0.2) is 56.9 Å². The van der Waals surface area contributed by atoms with Gasteiger partial charge in [0.15, 0.2) is 0 Å². The molecule has 0 atom stereocenters. The first-order valence-electron chi connectivity index (χ1n) is 12.6. The van der Waals surface area contributed by atoms with Crippen LogP contribution < -0.4 is 21.1 Å². The van der Waals surface area contributed by atoms with Crippen molar-refractivity contribution in [3.63, 3.8) is 0 Å². The van der Waals surface area contributed by atoms with Gasteiger partial charge in [-0.25, -0.2) is 14.2 Å². The van der Waals surface area contributed by atoms with E-state index in [2.05, 4.69) is 35.9 Å². The van der Waals surface area contributed by atoms with Crippen molar-refractivity contribution in [3.8, 4) is 0 Å². The number of urea groups is 1. The Hall–Kier alpha value is -3.83. The lowest BCUT2D eigenvalue weighted by Crippen LogP contribution is -2.40. The first-order chi connectivity index (χ1) is 18.5. The average Bonchev–Trinajstić information content (AvgIpc) is 3.27. The quantitative estimate of drug-likeness (QED) is 0.184. The Morgan fingerprint density at radius 1 is 1.11 bits per heavy atom. The minimum atomic E-state index is -0.318. The van der Waals surface area contributed by atoms with Gasteiger partial charge in [0.2, 0.25) is 5.95 Å². The van der Waals surface area contributed by atoms with Gasteiger partial charge < -0.3 is 25.8 Å². The van der Waals surface area contributed by atoms with Crippen molar-refractivity contribution in [1.82, 2.24) is 24.2 Å². The molecule has 5 rings (SSSR count). The Morgan fingerprint density at radius 3 is 2.68 bits per heavy atom. The Labute approximate surface area is 225 Å². The van der Waals surface area contributed by atoms with Crippen LogP contribution in [0.3, 0.4) is 0 Å². The van der Waals surface area contributed by atoms with Crippen LogP contribution in [0.2, 0.25) is 0 Å². The second-order valence-electron chi connectivity index (χ2n) is 9.26. The Morgan fingerprint density at radius 2 is 1.89 bits per heavy atom. The van der Waals surface area contributed by atoms with E-state index in [0.717, 1.165) is 60.8 Å². The van der Waals surface area contributed by atoms with Crippen molar-refractivity contribution in [2.24, 2.45) is 0 Å². The number of anilines is 3. The van der Waals surface area contributed by atoms with Gasteiger partial charge in [-0.3, -0.25) is 9.71 Å². The van der Waals surface area contributed by atoms with Crippen molar-refractivity contribution in [3.05, 3.63) is 78.4 Å². The summed E-state index contributed by atoms with van der Waals surface area (Å²) in [6.07, 6.45) is 5.10. The van der Waals surface area contributed by atoms with Gasteiger partial charge in [0.05, 0.1) is 35.1 Å². The van der Waals surface area contributed by atoms with Crippen molar-refractivity contribution < 1.29 is 9.18 Å². The van der Waals surface area contributed by atoms with Crippen LogP contribution in [0.5, 0.6) is 0 Å². The van der Waals surface area contributed by atoms with E-state index in [4.69, 9.17) is 10.7 Å². The Bertz CT molecular complexity index is 1370. The first kappa shape index (κ1) is 25.8. The van der Waals surface area contributed by atoms with E-state index in [-0.39, 0.29) is 11.8 Å². The van der Waals surface area contributed by atoms with Crippen LogP contribution in [0.4, 0.5) is 26.5 Å². The molecule has 0 unspecified atom stereocenters. The maximum absolute atomic E-state index is 13.4. The molecular formula is C27H31FN8OS. The number of halogens is 1. The molecule has 9 nitrogen and oxygen atoms in total. The van der Waals surface area contributed by atoms with Crippen LogP contribution in [-0.2, 0) is 6.54 Å². The third kappa shape index (κ3) is 6.53. The van der Waals surface area contributed by atoms with E-state index in [1.807, 2.05) is 30.3 Å². The zero-order valence-electron chi connectivity index (χ0n) is 20.9. The van der Waals surface area contributed by atoms with E-state index in [0.29, 0.717) is 24.0 Å². The van der Waals surface area contributed by atoms with Gasteiger partial charge in [-0.2, -0.15) is 0 Å². The molecule has 0 radical (unpaired) electrons. The maximum atomic E-state index is 13.4. The molecule has 3 heterocycles. The Kier molecular flexibility index (Phi) is 8.25. The minimum absolute atomic E-state index is 0.235. The number of carbonyl (C=O) groups is 1. The highest BCUT2D eigenvalue weighted by Gasteiger charge is 2.21. The molecule has 0 saturated carbocycles. The summed E-state index contributed by atoms with van der Waals surface area (Å²) in [7, 11) is 0. The number of piperidine rings is 1. The molecule has 0 aliphatic carbocycles. The molecule has 2 aromatic carbocycles. The van der Waals surface area contributed by atoms with Crippen molar-refractivity contribution in [2.75, 3.05) is 41.8 Å². The highest BCUT2D eigenvalue weighted by Crippen LogP contribution is 2.24. The van der Waals surface area contributed by atoms with E-state index in [1.165, 1.54) is 30.3 Å². The predicted octanol–water partition coefficient (Wildman–Crippen LogP) is 4.55. The third-order valence-corrected chi connectivity index (χ3v) is 7.32. The number of nitrogen functional groups attached to an aromatic ring is 1. The van der Waals surface area contributed by atoms with Crippen molar-refractivity contribution >= 4 is 46.3 Å². The molecule has 0 spiro atoms. The van der Waals surface area contributed by atoms with Gasteiger partial charge in [0.1, 0.15) is 5.82 Å². The molecule has 1 saturated heterocycles. The number of nitrogens with one attached hydrogen (secondary N) is 3. The van der Waals surface area contributed by atoms with Crippen molar-refractivity contribution in [2.45, 2.75) is 25.4 Å². The summed E-state index contributed by atoms with van der Waals surface area (Å²) in [5.74, 6) is 1.39. The average molecular weight is 535 g/mol. The lowest BCUT2D eigenvalue weighted by molar-refractivity contribution is 0.231. The number of nitrogens with two attached hydrogens (primary N) is 1. The van der Waals surface area contributed by atoms with Gasteiger partial charge in [0.25, 0.3) is 0 Å². The third-order valence-electron chi connectivity index (χ3n) is 6.61. The highest BCUT2D eigenvalue weighted by atomic mass is 32.2. The van der Waals surface area contributed by atoms with Crippen LogP contribution in [0.1, 0.15) is 18.4 Å². The summed E-state index contributed by atoms with van der Waals surface area (Å²) in [5, 5.41) is 6.37. The number of amides is 2. The summed E-state index contributed by atoms with van der Waals surface area (Å²) in [6.45, 7) is 3.44. The molecule has 0 bridgehead atoms. The number of hydrogen-bond donors (Lipinski definition) is 4. The van der Waals surface area contributed by atoms with Gasteiger partial charge in [0, 0.05) is 37.6 Å². The molecule has 38 heavy (non-hydrogen) atoms. The fourth-order valence-corrected chi connectivity index (χ4v) is 5.18. The van der Waals surface area contributed by atoms with Gasteiger partial charge >= 0.3 is 6.03 Å². The number of fused-ring (bicyclic) bond motifs is 1. The SMILES string of the molecule is Nc1ccncc1NC(=O)NSCCN1CCC(Nc2nc3ccccc3n2Cc2ccc(F)cc2)CC1. The normalized spacial score (nSPS) is 14.4. The lowest BCUT2D eigenvalue weighted by atomic mass is 10.1. The number of rotatable bonds is 9. The highest BCUT2D eigenvalue weighted by molar-refractivity contribution is 7.97. The molecule has 5 N–H and O–H groups in total. The first-order valence-corrected chi connectivity index (χ1v) is 13.6. The lowest BCUT2D eigenvalue weighted by Gasteiger charge is -2.32. The summed E-state index contributed by atoms with van der Waals surface area (Å²) < 4.78 is 18.4. The van der Waals surface area contributed by atoms with E-state index in [1.54, 1.807) is 12.3 Å². The zero-order chi connectivity index (χ0) is 26.3. The van der Waals surface area contributed by atoms with Gasteiger partial charge in [-0.05, 0) is 60.7 Å². The second kappa shape index (κ2) is 12.1. The topological polar surface area (TPSA) is 113 Å². The van der Waals surface area contributed by atoms with Crippen LogP contribution in [0.15, 0.2) is 67.0 Å². The molecule has 1 aliphatic rings. The number of para-hydroxylation sites is 2. The molecule has 2 amide bonds. The number of imidazole rings is 1. The molecule has 1 aliphatic heterocycles. The largest absolute Gasteiger partial charge is 0.397 e. The van der Waals surface area contributed by atoms with Gasteiger partial charge in [-0.15, -0.1) is 0 Å². The molecule has 11 heteroatoms. The van der Waals surface area contributed by atoms with Gasteiger partial charge in [-0.1, -0.05) is 24.3 Å². The van der Waals surface area contributed by atoms with Crippen LogP contribution in [0.25, 0.3) is 11.0 Å². The fraction of sp³-hybridized carbons (Fsp3) is 0.296. The van der Waals surface area contributed by atoms with E-state index in [9.17, 15) is 9.18 Å². The Balaban J connectivity index is 1.09. The molecule has 2 aromatic heterocycles. The smallest absolute Gasteiger partial charge is 0.329 e. The van der Waals surface area contributed by atoms with E-state index < -0.39 is 0 Å². The number of nitrogens with zero attached hydrogens (tertiary/aromatic N) is 4. The second-order valence-corrected chi connectivity index (χ2v) is 10.2. The fourth-order valence-electron chi connectivity index (χ4n) is 4.55. The van der Waals surface area contributed by atoms with Crippen LogP contribution >= 0.6 is 11.9 Å². The summed E-state index contributed by atoms with van der Waals surface area (Å²) in [6, 6.07) is 16.3. The van der Waals surface area contributed by atoms with E-state index >= 15 is 0 Å². The number of aromatic nitrogens is 3. The summed E-state index contributed by atoms with van der Waals surface area (Å²) in [4.78, 5) is 23.3. The van der Waals surface area contributed by atoms with Crippen molar-refractivity contribution in [1.29, 1.82) is 0 Å². The predicted molar refractivity (Wildman–Crippen MR) is 152 cm³/mol. The number of carbonyl (C=O) groups excluding carboxylic acids is 1. The maximum Gasteiger partial charge on any atom is 0.329 e. The van der Waals surface area contributed by atoms with Crippen LogP contribution in [0, 0.1) is 5.82 Å². The molecule has 198 valence electrons. The molecule has 4 aromatic rings. The minimum Gasteiger partial charge on any atom is -0.397 e. The number of benzene rings is 2. The summed E-state index contributed by atoms with van der Waals surface area (Å²) >= 11 is 1.37. The molecule has 1 fully saturated rings. The molecular weight excluding hydrogens is 503 g/mol. The number of hydrogen-bond acceptors (Lipinski definition) is 7.